The van der Waals surface area contributed by atoms with E-state index in [1.54, 1.807) is 0 Å². The van der Waals surface area contributed by atoms with Crippen LogP contribution in [-0.2, 0) is 28.7 Å². The Bertz CT molecular complexity index is 699. The number of aliphatic hydroxyl groups excluding tert-OH is 2. The van der Waals surface area contributed by atoms with Gasteiger partial charge in [0.25, 0.3) is 0 Å². The van der Waals surface area contributed by atoms with E-state index in [1.807, 2.05) is 0 Å². The summed E-state index contributed by atoms with van der Waals surface area (Å²) in [4.78, 5) is 52.1. The zero-order valence-electron chi connectivity index (χ0n) is 21.2. The van der Waals surface area contributed by atoms with Gasteiger partial charge in [-0.05, 0) is 64.2 Å². The Hall–Kier alpha value is -2.20. The van der Waals surface area contributed by atoms with Crippen molar-refractivity contribution in [2.75, 3.05) is 13.2 Å². The summed E-state index contributed by atoms with van der Waals surface area (Å²) in [5, 5.41) is 24.7. The predicted molar refractivity (Wildman–Crippen MR) is 129 cm³/mol. The molecule has 3 rings (SSSR count). The van der Waals surface area contributed by atoms with Gasteiger partial charge in [0.1, 0.15) is 17.6 Å². The van der Waals surface area contributed by atoms with Crippen molar-refractivity contribution in [3.8, 4) is 0 Å². The van der Waals surface area contributed by atoms with Crippen molar-refractivity contribution in [2.45, 2.75) is 121 Å². The van der Waals surface area contributed by atoms with E-state index in [9.17, 15) is 29.4 Å². The summed E-state index contributed by atoms with van der Waals surface area (Å²) in [7, 11) is 0. The molecule has 0 unspecified atom stereocenters. The summed E-state index contributed by atoms with van der Waals surface area (Å²) >= 11 is 0. The highest BCUT2D eigenvalue weighted by atomic mass is 16.6. The van der Waals surface area contributed by atoms with Crippen LogP contribution in [0.25, 0.3) is 0 Å². The molecule has 36 heavy (non-hydrogen) atoms. The number of rotatable bonds is 10. The molecule has 204 valence electrons. The van der Waals surface area contributed by atoms with Gasteiger partial charge < -0.3 is 30.3 Å². The molecule has 0 bridgehead atoms. The molecular formula is C26H42N2O8. The van der Waals surface area contributed by atoms with Crippen LogP contribution in [-0.4, -0.2) is 71.5 Å². The molecule has 3 aliphatic carbocycles. The van der Waals surface area contributed by atoms with Gasteiger partial charge in [0, 0.05) is 0 Å². The normalized spacial score (nSPS) is 22.6. The van der Waals surface area contributed by atoms with E-state index >= 15 is 0 Å². The number of amides is 2. The van der Waals surface area contributed by atoms with Crippen molar-refractivity contribution < 1.29 is 38.9 Å². The van der Waals surface area contributed by atoms with Gasteiger partial charge in [-0.15, -0.1) is 0 Å². The number of carbonyl (C=O) groups is 4. The van der Waals surface area contributed by atoms with E-state index in [0.717, 1.165) is 70.6 Å². The Balaban J connectivity index is 1.64. The molecule has 0 aliphatic heterocycles. The SMILES string of the molecule is O=C(OC1CCCCC1)[C@@H](CO)NC(=O)C1(C(=O)N[C@H](CO)C(=O)OC2CCCCC2)CCCCC1. The van der Waals surface area contributed by atoms with Crippen molar-refractivity contribution in [3.63, 3.8) is 0 Å². The lowest BCUT2D eigenvalue weighted by Gasteiger charge is -2.36. The van der Waals surface area contributed by atoms with E-state index in [2.05, 4.69) is 10.6 Å². The van der Waals surface area contributed by atoms with Gasteiger partial charge in [-0.25, -0.2) is 9.59 Å². The summed E-state index contributed by atoms with van der Waals surface area (Å²) in [5.41, 5.74) is -1.52. The topological polar surface area (TPSA) is 151 Å². The van der Waals surface area contributed by atoms with Gasteiger partial charge in [0.15, 0.2) is 12.1 Å². The summed E-state index contributed by atoms with van der Waals surface area (Å²) in [6.45, 7) is -1.30. The number of nitrogens with one attached hydrogen (secondary N) is 2. The van der Waals surface area contributed by atoms with Crippen molar-refractivity contribution in [2.24, 2.45) is 5.41 Å². The summed E-state index contributed by atoms with van der Waals surface area (Å²) in [6, 6.07) is -2.56. The Labute approximate surface area is 212 Å². The fourth-order valence-electron chi connectivity index (χ4n) is 5.52. The molecule has 0 aromatic carbocycles. The lowest BCUT2D eigenvalue weighted by molar-refractivity contribution is -0.160. The molecule has 0 saturated heterocycles. The van der Waals surface area contributed by atoms with Crippen LogP contribution in [0.3, 0.4) is 0 Å². The third-order valence-electron chi connectivity index (χ3n) is 7.79. The lowest BCUT2D eigenvalue weighted by Crippen LogP contribution is -2.59. The Morgan fingerprint density at radius 3 is 1.36 bits per heavy atom. The molecule has 4 N–H and O–H groups in total. The van der Waals surface area contributed by atoms with Crippen molar-refractivity contribution >= 4 is 23.8 Å². The number of carbonyl (C=O) groups excluding carboxylic acids is 4. The molecule has 0 spiro atoms. The number of hydrogen-bond donors (Lipinski definition) is 4. The highest BCUT2D eigenvalue weighted by molar-refractivity contribution is 6.07. The molecule has 2 amide bonds. The molecule has 3 fully saturated rings. The molecule has 10 heteroatoms. The maximum Gasteiger partial charge on any atom is 0.331 e. The summed E-state index contributed by atoms with van der Waals surface area (Å²) in [6.07, 6.45) is 11.1. The summed E-state index contributed by atoms with van der Waals surface area (Å²) < 4.78 is 11.0. The van der Waals surface area contributed by atoms with E-state index in [0.29, 0.717) is 12.8 Å². The zero-order chi connectivity index (χ0) is 26.0. The summed E-state index contributed by atoms with van der Waals surface area (Å²) in [5.74, 6) is -2.80. The lowest BCUT2D eigenvalue weighted by atomic mass is 9.72. The highest BCUT2D eigenvalue weighted by Gasteiger charge is 2.48. The Morgan fingerprint density at radius 1 is 0.639 bits per heavy atom. The minimum absolute atomic E-state index is 0.232. The van der Waals surface area contributed by atoms with E-state index in [-0.39, 0.29) is 25.0 Å². The number of aliphatic hydroxyl groups is 2. The molecule has 0 heterocycles. The molecule has 2 atom stereocenters. The number of ether oxygens (including phenoxy) is 2. The molecule has 0 radical (unpaired) electrons. The first-order valence-corrected chi connectivity index (χ1v) is 13.6. The first-order chi connectivity index (χ1) is 17.4. The molecule has 10 nitrogen and oxygen atoms in total. The van der Waals surface area contributed by atoms with E-state index < -0.39 is 54.5 Å². The molecule has 0 aromatic heterocycles. The van der Waals surface area contributed by atoms with Gasteiger partial charge in [-0.3, -0.25) is 9.59 Å². The van der Waals surface area contributed by atoms with Crippen LogP contribution in [0.15, 0.2) is 0 Å². The molecular weight excluding hydrogens is 468 g/mol. The monoisotopic (exact) mass is 510 g/mol. The second kappa shape index (κ2) is 13.9. The van der Waals surface area contributed by atoms with Crippen LogP contribution in [0.2, 0.25) is 0 Å². The Kier molecular flexibility index (Phi) is 11.0. The van der Waals surface area contributed by atoms with Crippen LogP contribution in [0.1, 0.15) is 96.3 Å². The van der Waals surface area contributed by atoms with Gasteiger partial charge in [-0.1, -0.05) is 32.1 Å². The minimum atomic E-state index is -1.52. The van der Waals surface area contributed by atoms with E-state index in [1.165, 1.54) is 0 Å². The highest BCUT2D eigenvalue weighted by Crippen LogP contribution is 2.37. The molecule has 3 saturated carbocycles. The van der Waals surface area contributed by atoms with Crippen molar-refractivity contribution in [3.05, 3.63) is 0 Å². The number of esters is 2. The minimum Gasteiger partial charge on any atom is -0.461 e. The fourth-order valence-corrected chi connectivity index (χ4v) is 5.52. The van der Waals surface area contributed by atoms with Crippen LogP contribution in [0.5, 0.6) is 0 Å². The second-order valence-electron chi connectivity index (χ2n) is 10.5. The third kappa shape index (κ3) is 7.41. The smallest absolute Gasteiger partial charge is 0.331 e. The molecule has 3 aliphatic rings. The van der Waals surface area contributed by atoms with Crippen LogP contribution >= 0.6 is 0 Å². The van der Waals surface area contributed by atoms with Crippen molar-refractivity contribution in [1.29, 1.82) is 0 Å². The van der Waals surface area contributed by atoms with Gasteiger partial charge >= 0.3 is 11.9 Å². The largest absolute Gasteiger partial charge is 0.461 e. The van der Waals surface area contributed by atoms with Crippen LogP contribution < -0.4 is 10.6 Å². The van der Waals surface area contributed by atoms with E-state index in [4.69, 9.17) is 9.47 Å². The molecule has 0 aromatic rings. The standard InChI is InChI=1S/C26H42N2O8/c29-16-20(22(31)35-18-10-4-1-5-11-18)27-24(33)26(14-8-3-9-15-26)25(34)28-21(17-30)23(32)36-19-12-6-2-7-13-19/h18-21,29-30H,1-17H2,(H,27,33)(H,28,34)/t20-,21-/m1/s1. The van der Waals surface area contributed by atoms with Gasteiger partial charge in [-0.2, -0.15) is 0 Å². The average molecular weight is 511 g/mol. The predicted octanol–water partition coefficient (Wildman–Crippen LogP) is 1.64. The van der Waals surface area contributed by atoms with Gasteiger partial charge in [0.2, 0.25) is 11.8 Å². The average Bonchev–Trinajstić information content (AvgIpc) is 2.91. The van der Waals surface area contributed by atoms with Crippen molar-refractivity contribution in [1.82, 2.24) is 10.6 Å². The fraction of sp³-hybridized carbons (Fsp3) is 0.846. The maximum absolute atomic E-state index is 13.4. The first kappa shape index (κ1) is 28.4. The number of hydrogen-bond acceptors (Lipinski definition) is 8. The van der Waals surface area contributed by atoms with Crippen LogP contribution in [0, 0.1) is 5.41 Å². The van der Waals surface area contributed by atoms with Gasteiger partial charge in [0.05, 0.1) is 13.2 Å². The Morgan fingerprint density at radius 2 is 1.00 bits per heavy atom. The maximum atomic E-state index is 13.4. The second-order valence-corrected chi connectivity index (χ2v) is 10.5. The third-order valence-corrected chi connectivity index (χ3v) is 7.79. The van der Waals surface area contributed by atoms with Crippen LogP contribution in [0.4, 0.5) is 0 Å². The first-order valence-electron chi connectivity index (χ1n) is 13.6. The quantitative estimate of drug-likeness (QED) is 0.256. The zero-order valence-corrected chi connectivity index (χ0v) is 21.2.